The van der Waals surface area contributed by atoms with Crippen molar-refractivity contribution in [2.75, 3.05) is 46.4 Å². The fourth-order valence-electron chi connectivity index (χ4n) is 4.07. The molecule has 3 rings (SSSR count). The molecule has 0 aromatic carbocycles. The quantitative estimate of drug-likeness (QED) is 0.745. The molecule has 0 aliphatic carbocycles. The molecule has 150 valence electrons. The molecule has 2 aliphatic heterocycles. The van der Waals surface area contributed by atoms with Gasteiger partial charge in [0, 0.05) is 39.3 Å². The number of methoxy groups -OCH3 is 1. The van der Waals surface area contributed by atoms with Crippen LogP contribution in [-0.2, 0) is 9.53 Å². The summed E-state index contributed by atoms with van der Waals surface area (Å²) in [6, 6.07) is 0.432. The summed E-state index contributed by atoms with van der Waals surface area (Å²) in [6.07, 6.45) is 5.17. The van der Waals surface area contributed by atoms with Gasteiger partial charge in [-0.1, -0.05) is 0 Å². The average molecular weight is 378 g/mol. The number of hydrogen-bond acceptors (Lipinski definition) is 6. The Labute approximate surface area is 160 Å². The summed E-state index contributed by atoms with van der Waals surface area (Å²) in [5.74, 6) is 0.702. The number of carbonyl (C=O) groups excluding carboxylic acids is 2. The summed E-state index contributed by atoms with van der Waals surface area (Å²) in [5.41, 5.74) is 0.416. The van der Waals surface area contributed by atoms with E-state index in [1.807, 2.05) is 4.90 Å². The van der Waals surface area contributed by atoms with Gasteiger partial charge in [0.15, 0.2) is 12.1 Å². The van der Waals surface area contributed by atoms with E-state index in [9.17, 15) is 9.59 Å². The van der Waals surface area contributed by atoms with Crippen molar-refractivity contribution in [3.63, 3.8) is 0 Å². The van der Waals surface area contributed by atoms with E-state index in [0.717, 1.165) is 51.9 Å². The summed E-state index contributed by atoms with van der Waals surface area (Å²) >= 11 is 0. The summed E-state index contributed by atoms with van der Waals surface area (Å²) in [5, 5.41) is 2.96. The van der Waals surface area contributed by atoms with Crippen LogP contribution in [0.3, 0.4) is 0 Å². The van der Waals surface area contributed by atoms with Crippen molar-refractivity contribution in [1.82, 2.24) is 20.1 Å². The molecule has 2 saturated heterocycles. The molecule has 1 atom stereocenters. The van der Waals surface area contributed by atoms with Crippen molar-refractivity contribution in [1.29, 1.82) is 0 Å². The van der Waals surface area contributed by atoms with Crippen molar-refractivity contribution in [3.05, 3.63) is 17.8 Å². The molecule has 1 N–H and O–H groups in total. The van der Waals surface area contributed by atoms with Crippen molar-refractivity contribution in [2.24, 2.45) is 5.92 Å². The molecule has 2 amide bonds. The Balaban J connectivity index is 1.48. The summed E-state index contributed by atoms with van der Waals surface area (Å²) in [4.78, 5) is 33.2. The van der Waals surface area contributed by atoms with Gasteiger partial charge in [-0.2, -0.15) is 0 Å². The van der Waals surface area contributed by atoms with Gasteiger partial charge < -0.3 is 19.4 Å². The molecule has 8 heteroatoms. The molecule has 0 spiro atoms. The molecular weight excluding hydrogens is 348 g/mol. The maximum absolute atomic E-state index is 12.6. The lowest BCUT2D eigenvalue weighted by Gasteiger charge is -2.41. The first-order chi connectivity index (χ1) is 13.1. The number of hydrogen-bond donors (Lipinski definition) is 1. The number of aryl methyl sites for hydroxylation is 1. The second-order valence-corrected chi connectivity index (χ2v) is 7.40. The van der Waals surface area contributed by atoms with Gasteiger partial charge in [0.05, 0.1) is 12.5 Å². The summed E-state index contributed by atoms with van der Waals surface area (Å²) in [6.45, 7) is 6.14. The van der Waals surface area contributed by atoms with Gasteiger partial charge in [-0.3, -0.25) is 14.5 Å². The van der Waals surface area contributed by atoms with Crippen molar-refractivity contribution >= 4 is 11.8 Å². The van der Waals surface area contributed by atoms with E-state index in [-0.39, 0.29) is 17.7 Å². The van der Waals surface area contributed by atoms with E-state index in [2.05, 4.69) is 15.2 Å². The zero-order chi connectivity index (χ0) is 19.2. The third kappa shape index (κ3) is 4.87. The molecule has 0 bridgehead atoms. The number of ether oxygens (including phenoxy) is 1. The van der Waals surface area contributed by atoms with Crippen LogP contribution in [0.25, 0.3) is 0 Å². The monoisotopic (exact) mass is 378 g/mol. The maximum atomic E-state index is 12.6. The Morgan fingerprint density at radius 3 is 2.74 bits per heavy atom. The van der Waals surface area contributed by atoms with E-state index >= 15 is 0 Å². The van der Waals surface area contributed by atoms with Crippen LogP contribution in [0.2, 0.25) is 0 Å². The van der Waals surface area contributed by atoms with Gasteiger partial charge in [0.2, 0.25) is 5.91 Å². The number of nitrogens with one attached hydrogen (secondary N) is 1. The fraction of sp³-hybridized carbons (Fsp3) is 0.737. The number of oxazole rings is 1. The van der Waals surface area contributed by atoms with Gasteiger partial charge >= 0.3 is 0 Å². The number of nitrogens with zero attached hydrogens (tertiary/aromatic N) is 3. The normalized spacial score (nSPS) is 22.0. The molecule has 2 fully saturated rings. The first-order valence-corrected chi connectivity index (χ1v) is 9.80. The first-order valence-electron chi connectivity index (χ1n) is 9.80. The lowest BCUT2D eigenvalue weighted by Crippen LogP contribution is -2.51. The minimum absolute atomic E-state index is 0.0475. The van der Waals surface area contributed by atoms with Crippen LogP contribution in [0.5, 0.6) is 0 Å². The van der Waals surface area contributed by atoms with Gasteiger partial charge in [-0.15, -0.1) is 0 Å². The Morgan fingerprint density at radius 1 is 1.30 bits per heavy atom. The van der Waals surface area contributed by atoms with Crippen LogP contribution in [0.15, 0.2) is 10.8 Å². The Hall–Kier alpha value is -1.93. The molecular formula is C19H30N4O4. The van der Waals surface area contributed by atoms with Crippen LogP contribution in [0.4, 0.5) is 0 Å². The molecule has 1 aromatic heterocycles. The SMILES string of the molecule is COCCNC(=O)C1CCCN(C2CCN(C(=O)c3ncoc3C)CC2)C1. The molecule has 2 aliphatic rings. The third-order valence-electron chi connectivity index (χ3n) is 5.64. The standard InChI is InChI=1S/C19H30N4O4/c1-14-17(21-13-27-14)19(25)22-9-5-16(6-10-22)23-8-3-4-15(12-23)18(24)20-7-11-26-2/h13,15-16H,3-12H2,1-2H3,(H,20,24). The molecule has 1 unspecified atom stereocenters. The number of piperidine rings is 2. The largest absolute Gasteiger partial charge is 0.448 e. The van der Waals surface area contributed by atoms with Crippen molar-refractivity contribution < 1.29 is 18.7 Å². The van der Waals surface area contributed by atoms with E-state index in [4.69, 9.17) is 9.15 Å². The number of carbonyl (C=O) groups is 2. The van der Waals surface area contributed by atoms with Crippen LogP contribution in [0.1, 0.15) is 41.9 Å². The van der Waals surface area contributed by atoms with Crippen LogP contribution in [-0.4, -0.2) is 79.1 Å². The Morgan fingerprint density at radius 2 is 2.07 bits per heavy atom. The summed E-state index contributed by atoms with van der Waals surface area (Å²) in [7, 11) is 1.63. The van der Waals surface area contributed by atoms with E-state index in [1.54, 1.807) is 14.0 Å². The van der Waals surface area contributed by atoms with Crippen LogP contribution in [0, 0.1) is 12.8 Å². The van der Waals surface area contributed by atoms with Crippen molar-refractivity contribution in [2.45, 2.75) is 38.6 Å². The van der Waals surface area contributed by atoms with E-state index in [0.29, 0.717) is 30.6 Å². The third-order valence-corrected chi connectivity index (χ3v) is 5.64. The van der Waals surface area contributed by atoms with Gasteiger partial charge in [0.25, 0.3) is 5.91 Å². The lowest BCUT2D eigenvalue weighted by atomic mass is 9.93. The second-order valence-electron chi connectivity index (χ2n) is 7.40. The highest BCUT2D eigenvalue weighted by atomic mass is 16.5. The zero-order valence-electron chi connectivity index (χ0n) is 16.3. The number of rotatable bonds is 6. The minimum atomic E-state index is -0.0475. The number of amides is 2. The molecule has 8 nitrogen and oxygen atoms in total. The number of likely N-dealkylation sites (tertiary alicyclic amines) is 2. The van der Waals surface area contributed by atoms with Crippen molar-refractivity contribution in [3.8, 4) is 0 Å². The predicted octanol–water partition coefficient (Wildman–Crippen LogP) is 1.06. The highest BCUT2D eigenvalue weighted by Crippen LogP contribution is 2.25. The predicted molar refractivity (Wildman–Crippen MR) is 99.3 cm³/mol. The Kier molecular flexibility index (Phi) is 6.84. The van der Waals surface area contributed by atoms with Crippen LogP contribution >= 0.6 is 0 Å². The highest BCUT2D eigenvalue weighted by molar-refractivity contribution is 5.93. The van der Waals surface area contributed by atoms with Gasteiger partial charge in [-0.25, -0.2) is 4.98 Å². The summed E-state index contributed by atoms with van der Waals surface area (Å²) < 4.78 is 10.1. The zero-order valence-corrected chi connectivity index (χ0v) is 16.3. The molecule has 0 radical (unpaired) electrons. The van der Waals surface area contributed by atoms with Gasteiger partial charge in [-0.05, 0) is 39.2 Å². The fourth-order valence-corrected chi connectivity index (χ4v) is 4.07. The Bertz CT molecular complexity index is 639. The smallest absolute Gasteiger partial charge is 0.276 e. The topological polar surface area (TPSA) is 87.9 Å². The van der Waals surface area contributed by atoms with E-state index < -0.39 is 0 Å². The van der Waals surface area contributed by atoms with Crippen LogP contribution < -0.4 is 5.32 Å². The van der Waals surface area contributed by atoms with E-state index in [1.165, 1.54) is 6.39 Å². The molecule has 3 heterocycles. The first kappa shape index (κ1) is 19.8. The maximum Gasteiger partial charge on any atom is 0.276 e. The minimum Gasteiger partial charge on any atom is -0.448 e. The highest BCUT2D eigenvalue weighted by Gasteiger charge is 2.33. The molecule has 1 aromatic rings. The second kappa shape index (κ2) is 9.32. The number of aromatic nitrogens is 1. The lowest BCUT2D eigenvalue weighted by molar-refractivity contribution is -0.127. The average Bonchev–Trinajstić information content (AvgIpc) is 3.13. The van der Waals surface area contributed by atoms with Gasteiger partial charge in [0.1, 0.15) is 5.76 Å². The molecule has 27 heavy (non-hydrogen) atoms. The molecule has 0 saturated carbocycles.